The highest BCUT2D eigenvalue weighted by Gasteiger charge is 2.27. The predicted molar refractivity (Wildman–Crippen MR) is 121 cm³/mol. The SMILES string of the molecule is C[C@@H]1CN(CCC(=O)c2ccccc2)CC[C@H]1c1cccc(O)c1.O=C(O)/C=C/C(=O)O. The lowest BCUT2D eigenvalue weighted by atomic mass is 9.81. The van der Waals surface area contributed by atoms with E-state index in [9.17, 15) is 19.5 Å². The second-order valence-corrected chi connectivity index (χ2v) is 7.82. The number of carbonyl (C=O) groups is 3. The highest BCUT2D eigenvalue weighted by molar-refractivity contribution is 5.96. The normalized spacial score (nSPS) is 18.5. The van der Waals surface area contributed by atoms with Crippen LogP contribution in [0, 0.1) is 5.92 Å². The average Bonchev–Trinajstić information content (AvgIpc) is 2.77. The van der Waals surface area contributed by atoms with Crippen molar-refractivity contribution in [3.8, 4) is 5.75 Å². The van der Waals surface area contributed by atoms with E-state index >= 15 is 0 Å². The van der Waals surface area contributed by atoms with Crippen LogP contribution in [0.5, 0.6) is 5.75 Å². The molecule has 2 atom stereocenters. The number of Topliss-reactive ketones (excluding diaryl/α,β-unsaturated/α-hetero) is 1. The molecule has 2 aromatic carbocycles. The van der Waals surface area contributed by atoms with Gasteiger partial charge in [0.1, 0.15) is 5.75 Å². The summed E-state index contributed by atoms with van der Waals surface area (Å²) in [6.07, 6.45) is 2.77. The van der Waals surface area contributed by atoms with E-state index in [0.29, 0.717) is 36.2 Å². The van der Waals surface area contributed by atoms with Gasteiger partial charge in [-0.25, -0.2) is 9.59 Å². The number of likely N-dealkylation sites (tertiary alicyclic amines) is 1. The molecule has 1 heterocycles. The fraction of sp³-hybridized carbons (Fsp3) is 0.320. The number of piperidine rings is 1. The number of hydrogen-bond acceptors (Lipinski definition) is 5. The van der Waals surface area contributed by atoms with Crippen LogP contribution >= 0.6 is 0 Å². The minimum Gasteiger partial charge on any atom is -0.508 e. The number of phenolic OH excluding ortho intramolecular Hbond substituents is 1. The topological polar surface area (TPSA) is 115 Å². The van der Waals surface area contributed by atoms with Gasteiger partial charge in [0.05, 0.1) is 0 Å². The van der Waals surface area contributed by atoms with Crippen molar-refractivity contribution in [2.24, 2.45) is 5.92 Å². The van der Waals surface area contributed by atoms with Crippen molar-refractivity contribution < 1.29 is 29.7 Å². The molecule has 0 radical (unpaired) electrons. The van der Waals surface area contributed by atoms with Crippen molar-refractivity contribution in [2.45, 2.75) is 25.7 Å². The summed E-state index contributed by atoms with van der Waals surface area (Å²) in [5, 5.41) is 25.3. The molecule has 170 valence electrons. The first-order valence-corrected chi connectivity index (χ1v) is 10.5. The fourth-order valence-corrected chi connectivity index (χ4v) is 3.86. The van der Waals surface area contributed by atoms with Crippen LogP contribution in [0.3, 0.4) is 0 Å². The zero-order chi connectivity index (χ0) is 23.5. The minimum atomic E-state index is -1.26. The van der Waals surface area contributed by atoms with Gasteiger partial charge in [0.15, 0.2) is 5.78 Å². The fourth-order valence-electron chi connectivity index (χ4n) is 3.86. The summed E-state index contributed by atoms with van der Waals surface area (Å²) >= 11 is 0. The van der Waals surface area contributed by atoms with Crippen molar-refractivity contribution >= 4 is 17.7 Å². The molecule has 7 nitrogen and oxygen atoms in total. The van der Waals surface area contributed by atoms with Crippen LogP contribution < -0.4 is 0 Å². The Morgan fingerprint density at radius 3 is 2.22 bits per heavy atom. The maximum Gasteiger partial charge on any atom is 0.328 e. The monoisotopic (exact) mass is 439 g/mol. The summed E-state index contributed by atoms with van der Waals surface area (Å²) < 4.78 is 0. The maximum absolute atomic E-state index is 12.2. The van der Waals surface area contributed by atoms with Gasteiger partial charge < -0.3 is 20.2 Å². The molecule has 3 N–H and O–H groups in total. The first-order valence-electron chi connectivity index (χ1n) is 10.5. The van der Waals surface area contributed by atoms with Crippen LogP contribution in [0.25, 0.3) is 0 Å². The van der Waals surface area contributed by atoms with Crippen LogP contribution in [0.1, 0.15) is 41.6 Å². The number of carboxylic acids is 2. The number of benzene rings is 2. The number of aromatic hydroxyl groups is 1. The predicted octanol–water partition coefficient (Wildman–Crippen LogP) is 3.80. The summed E-state index contributed by atoms with van der Waals surface area (Å²) in [5.41, 5.74) is 2.03. The summed E-state index contributed by atoms with van der Waals surface area (Å²) in [4.78, 5) is 33.7. The van der Waals surface area contributed by atoms with E-state index in [1.807, 2.05) is 42.5 Å². The molecule has 0 saturated carbocycles. The van der Waals surface area contributed by atoms with E-state index in [0.717, 1.165) is 31.6 Å². The number of hydrogen-bond donors (Lipinski definition) is 3. The third-order valence-corrected chi connectivity index (χ3v) is 5.41. The molecule has 0 spiro atoms. The average molecular weight is 440 g/mol. The minimum absolute atomic E-state index is 0.221. The largest absolute Gasteiger partial charge is 0.508 e. The van der Waals surface area contributed by atoms with Crippen molar-refractivity contribution in [3.63, 3.8) is 0 Å². The molecular weight excluding hydrogens is 410 g/mol. The van der Waals surface area contributed by atoms with Crippen LogP contribution in [-0.2, 0) is 9.59 Å². The first-order chi connectivity index (χ1) is 15.3. The highest BCUT2D eigenvalue weighted by Crippen LogP contribution is 2.34. The van der Waals surface area contributed by atoms with Gasteiger partial charge in [0.2, 0.25) is 0 Å². The van der Waals surface area contributed by atoms with Gasteiger partial charge in [-0.15, -0.1) is 0 Å². The van der Waals surface area contributed by atoms with Gasteiger partial charge in [0, 0.05) is 37.2 Å². The van der Waals surface area contributed by atoms with Crippen molar-refractivity contribution in [1.82, 2.24) is 4.90 Å². The van der Waals surface area contributed by atoms with Gasteiger partial charge in [0.25, 0.3) is 0 Å². The van der Waals surface area contributed by atoms with E-state index in [1.54, 1.807) is 6.07 Å². The summed E-state index contributed by atoms with van der Waals surface area (Å²) in [7, 11) is 0. The molecule has 1 aliphatic heterocycles. The van der Waals surface area contributed by atoms with E-state index in [4.69, 9.17) is 10.2 Å². The molecule has 1 fully saturated rings. The zero-order valence-electron chi connectivity index (χ0n) is 18.1. The smallest absolute Gasteiger partial charge is 0.328 e. The van der Waals surface area contributed by atoms with Gasteiger partial charge >= 0.3 is 11.9 Å². The van der Waals surface area contributed by atoms with E-state index < -0.39 is 11.9 Å². The lowest BCUT2D eigenvalue weighted by Crippen LogP contribution is -2.39. The number of phenols is 1. The number of nitrogens with zero attached hydrogens (tertiary/aromatic N) is 1. The molecule has 32 heavy (non-hydrogen) atoms. The second-order valence-electron chi connectivity index (χ2n) is 7.82. The van der Waals surface area contributed by atoms with Gasteiger partial charge in [-0.05, 0) is 42.5 Å². The number of aliphatic carboxylic acids is 2. The van der Waals surface area contributed by atoms with Gasteiger partial charge in [-0.2, -0.15) is 0 Å². The van der Waals surface area contributed by atoms with E-state index in [2.05, 4.69) is 17.9 Å². The lowest BCUT2D eigenvalue weighted by Gasteiger charge is -2.37. The molecule has 0 bridgehead atoms. The van der Waals surface area contributed by atoms with Crippen LogP contribution in [-0.4, -0.2) is 57.6 Å². The first kappa shape index (κ1) is 24.8. The maximum atomic E-state index is 12.2. The molecule has 2 aromatic rings. The van der Waals surface area contributed by atoms with Crippen molar-refractivity contribution in [3.05, 3.63) is 77.9 Å². The Morgan fingerprint density at radius 1 is 1.00 bits per heavy atom. The molecule has 1 saturated heterocycles. The Labute approximate surface area is 187 Å². The van der Waals surface area contributed by atoms with E-state index in [1.165, 1.54) is 5.56 Å². The molecule has 0 aliphatic carbocycles. The standard InChI is InChI=1S/C21H25NO2.C4H4O4/c1-16-15-22(13-11-21(24)17-6-3-2-4-7-17)12-10-20(16)18-8-5-9-19(23)14-18;5-3(6)1-2-4(7)8/h2-9,14,16,20,23H,10-13,15H2,1H3;1-2H,(H,5,6)(H,7,8)/b;2-1+/t16-,20-;/m1./s1. The summed E-state index contributed by atoms with van der Waals surface area (Å²) in [6, 6.07) is 17.2. The Kier molecular flexibility index (Phi) is 9.63. The number of ketones is 1. The van der Waals surface area contributed by atoms with Crippen LogP contribution in [0.4, 0.5) is 0 Å². The summed E-state index contributed by atoms with van der Waals surface area (Å²) in [5.74, 6) is -0.945. The molecule has 1 aliphatic rings. The number of carboxylic acid groups (broad SMARTS) is 2. The molecule has 3 rings (SSSR count). The van der Waals surface area contributed by atoms with Crippen molar-refractivity contribution in [1.29, 1.82) is 0 Å². The second kappa shape index (κ2) is 12.4. The molecule has 7 heteroatoms. The highest BCUT2D eigenvalue weighted by atomic mass is 16.4. The van der Waals surface area contributed by atoms with Gasteiger partial charge in [-0.3, -0.25) is 4.79 Å². The third-order valence-electron chi connectivity index (χ3n) is 5.41. The quantitative estimate of drug-likeness (QED) is 0.444. The Balaban J connectivity index is 0.000000390. The molecule has 0 amide bonds. The van der Waals surface area contributed by atoms with Gasteiger partial charge in [-0.1, -0.05) is 49.4 Å². The third kappa shape index (κ3) is 8.35. The number of carbonyl (C=O) groups excluding carboxylic acids is 1. The molecule has 0 aromatic heterocycles. The molecule has 0 unspecified atom stereocenters. The van der Waals surface area contributed by atoms with Crippen LogP contribution in [0.2, 0.25) is 0 Å². The Bertz CT molecular complexity index is 924. The summed E-state index contributed by atoms with van der Waals surface area (Å²) in [6.45, 7) is 5.10. The van der Waals surface area contributed by atoms with Crippen molar-refractivity contribution in [2.75, 3.05) is 19.6 Å². The Morgan fingerprint density at radius 2 is 1.66 bits per heavy atom. The van der Waals surface area contributed by atoms with Crippen LogP contribution in [0.15, 0.2) is 66.7 Å². The zero-order valence-corrected chi connectivity index (χ0v) is 18.1. The Hall–Kier alpha value is -3.45. The van der Waals surface area contributed by atoms with E-state index in [-0.39, 0.29) is 5.78 Å². The lowest BCUT2D eigenvalue weighted by molar-refractivity contribution is -0.134. The number of rotatable bonds is 7. The molecular formula is C25H29NO6.